The Kier molecular flexibility index (Phi) is 5.26. The maximum atomic E-state index is 9.36. The van der Waals surface area contributed by atoms with Crippen LogP contribution in [0.2, 0.25) is 5.02 Å². The molecule has 1 saturated heterocycles. The summed E-state index contributed by atoms with van der Waals surface area (Å²) < 4.78 is 5.75. The maximum Gasteiger partial charge on any atom is 0.137 e. The average molecular weight is 333 g/mol. The van der Waals surface area contributed by atoms with Gasteiger partial charge in [-0.2, -0.15) is 0 Å². The fraction of sp³-hybridized carbons (Fsp3) is 0.333. The number of nitrogens with zero attached hydrogens (tertiary/aromatic N) is 2. The van der Waals surface area contributed by atoms with Crippen molar-refractivity contribution in [3.8, 4) is 11.5 Å². The fourth-order valence-corrected chi connectivity index (χ4v) is 2.93. The summed E-state index contributed by atoms with van der Waals surface area (Å²) in [7, 11) is 0. The van der Waals surface area contributed by atoms with E-state index in [1.807, 2.05) is 36.4 Å². The first-order chi connectivity index (χ1) is 11.2. The van der Waals surface area contributed by atoms with Crippen LogP contribution in [0.3, 0.4) is 0 Å². The van der Waals surface area contributed by atoms with Gasteiger partial charge in [-0.05, 0) is 36.4 Å². The van der Waals surface area contributed by atoms with Crippen LogP contribution in [0.25, 0.3) is 0 Å². The smallest absolute Gasteiger partial charge is 0.137 e. The lowest BCUT2D eigenvalue weighted by Gasteiger charge is -2.36. The first-order valence-corrected chi connectivity index (χ1v) is 8.24. The molecule has 23 heavy (non-hydrogen) atoms. The first kappa shape index (κ1) is 16.0. The van der Waals surface area contributed by atoms with Crippen LogP contribution in [0.4, 0.5) is 5.69 Å². The van der Waals surface area contributed by atoms with Crippen LogP contribution in [0, 0.1) is 0 Å². The summed E-state index contributed by atoms with van der Waals surface area (Å²) in [4.78, 5) is 4.73. The average Bonchev–Trinajstić information content (AvgIpc) is 2.58. The third kappa shape index (κ3) is 4.30. The monoisotopic (exact) mass is 332 g/mol. The molecule has 0 amide bonds. The highest BCUT2D eigenvalue weighted by Crippen LogP contribution is 2.23. The molecule has 5 heteroatoms. The molecular formula is C18H21ClN2O2. The van der Waals surface area contributed by atoms with Crippen LogP contribution >= 0.6 is 11.6 Å². The standard InChI is InChI=1S/C18H21ClN2O2/c19-17-3-1-2-4-18(17)23-14-13-20-9-11-21(12-10-20)15-5-7-16(22)8-6-15/h1-8,22H,9-14H2. The third-order valence-corrected chi connectivity index (χ3v) is 4.40. The third-order valence-electron chi connectivity index (χ3n) is 4.09. The van der Waals surface area contributed by atoms with Crippen LogP contribution in [0.5, 0.6) is 11.5 Å². The van der Waals surface area contributed by atoms with Gasteiger partial charge < -0.3 is 14.7 Å². The van der Waals surface area contributed by atoms with Gasteiger partial charge >= 0.3 is 0 Å². The van der Waals surface area contributed by atoms with E-state index in [-0.39, 0.29) is 0 Å². The number of hydrogen-bond acceptors (Lipinski definition) is 4. The quantitative estimate of drug-likeness (QED) is 0.911. The van der Waals surface area contributed by atoms with Crippen molar-refractivity contribution in [2.24, 2.45) is 0 Å². The molecule has 1 aliphatic rings. The SMILES string of the molecule is Oc1ccc(N2CCN(CCOc3ccccc3Cl)CC2)cc1. The summed E-state index contributed by atoms with van der Waals surface area (Å²) in [5, 5.41) is 10.0. The highest BCUT2D eigenvalue weighted by Gasteiger charge is 2.17. The van der Waals surface area contributed by atoms with E-state index in [0.29, 0.717) is 17.4 Å². The molecule has 0 bridgehead atoms. The van der Waals surface area contributed by atoms with Crippen molar-refractivity contribution in [1.82, 2.24) is 4.90 Å². The van der Waals surface area contributed by atoms with E-state index < -0.39 is 0 Å². The van der Waals surface area contributed by atoms with Gasteiger partial charge in [-0.25, -0.2) is 0 Å². The number of rotatable bonds is 5. The second-order valence-electron chi connectivity index (χ2n) is 5.62. The molecule has 0 aromatic heterocycles. The second kappa shape index (κ2) is 7.57. The van der Waals surface area contributed by atoms with Crippen LogP contribution in [0.1, 0.15) is 0 Å². The maximum absolute atomic E-state index is 9.36. The Morgan fingerprint density at radius 2 is 1.65 bits per heavy atom. The number of para-hydroxylation sites is 1. The predicted molar refractivity (Wildman–Crippen MR) is 93.7 cm³/mol. The second-order valence-corrected chi connectivity index (χ2v) is 6.03. The van der Waals surface area contributed by atoms with Crippen LogP contribution in [-0.4, -0.2) is 49.3 Å². The van der Waals surface area contributed by atoms with Crippen molar-refractivity contribution in [2.75, 3.05) is 44.2 Å². The first-order valence-electron chi connectivity index (χ1n) is 7.86. The van der Waals surface area contributed by atoms with Crippen molar-refractivity contribution in [3.63, 3.8) is 0 Å². The van der Waals surface area contributed by atoms with Crippen LogP contribution in [-0.2, 0) is 0 Å². The number of hydrogen-bond donors (Lipinski definition) is 1. The highest BCUT2D eigenvalue weighted by atomic mass is 35.5. The summed E-state index contributed by atoms with van der Waals surface area (Å²) >= 11 is 6.08. The number of anilines is 1. The zero-order valence-corrected chi connectivity index (χ0v) is 13.7. The number of piperazine rings is 1. The lowest BCUT2D eigenvalue weighted by Crippen LogP contribution is -2.47. The molecule has 1 heterocycles. The summed E-state index contributed by atoms with van der Waals surface area (Å²) in [6.45, 7) is 5.52. The minimum absolute atomic E-state index is 0.309. The Labute approximate surface area is 141 Å². The molecule has 2 aromatic carbocycles. The van der Waals surface area contributed by atoms with Crippen molar-refractivity contribution in [2.45, 2.75) is 0 Å². The van der Waals surface area contributed by atoms with Gasteiger partial charge in [-0.1, -0.05) is 23.7 Å². The van der Waals surface area contributed by atoms with Gasteiger partial charge in [0.2, 0.25) is 0 Å². The summed E-state index contributed by atoms with van der Waals surface area (Å²) in [5.74, 6) is 1.06. The molecule has 4 nitrogen and oxygen atoms in total. The van der Waals surface area contributed by atoms with Crippen molar-refractivity contribution < 1.29 is 9.84 Å². The van der Waals surface area contributed by atoms with Crippen molar-refractivity contribution in [3.05, 3.63) is 53.6 Å². The Hall–Kier alpha value is -1.91. The Morgan fingerprint density at radius 1 is 0.957 bits per heavy atom. The highest BCUT2D eigenvalue weighted by molar-refractivity contribution is 6.32. The molecule has 1 N–H and O–H groups in total. The van der Waals surface area contributed by atoms with Gasteiger partial charge in [-0.3, -0.25) is 4.90 Å². The van der Waals surface area contributed by atoms with Crippen molar-refractivity contribution >= 4 is 17.3 Å². The molecule has 1 fully saturated rings. The summed E-state index contributed by atoms with van der Waals surface area (Å²) in [5.41, 5.74) is 1.16. The number of phenols is 1. The van der Waals surface area contributed by atoms with E-state index >= 15 is 0 Å². The zero-order chi connectivity index (χ0) is 16.1. The Balaban J connectivity index is 1.43. The minimum Gasteiger partial charge on any atom is -0.508 e. The molecule has 0 aliphatic carbocycles. The van der Waals surface area contributed by atoms with Gasteiger partial charge in [0.25, 0.3) is 0 Å². The largest absolute Gasteiger partial charge is 0.508 e. The topological polar surface area (TPSA) is 35.9 Å². The van der Waals surface area contributed by atoms with Crippen LogP contribution in [0.15, 0.2) is 48.5 Å². The molecule has 0 unspecified atom stereocenters. The van der Waals surface area contributed by atoms with Crippen molar-refractivity contribution in [1.29, 1.82) is 0 Å². The Bertz CT molecular complexity index is 625. The molecule has 0 atom stereocenters. The van der Waals surface area contributed by atoms with Gasteiger partial charge in [0.05, 0.1) is 5.02 Å². The number of aromatic hydroxyl groups is 1. The molecule has 0 saturated carbocycles. The van der Waals surface area contributed by atoms with E-state index in [4.69, 9.17) is 16.3 Å². The number of ether oxygens (including phenoxy) is 1. The zero-order valence-electron chi connectivity index (χ0n) is 13.0. The molecule has 0 radical (unpaired) electrons. The molecule has 122 valence electrons. The van der Waals surface area contributed by atoms with E-state index in [9.17, 15) is 5.11 Å². The lowest BCUT2D eigenvalue weighted by molar-refractivity contribution is 0.200. The predicted octanol–water partition coefficient (Wildman–Crippen LogP) is 3.25. The lowest BCUT2D eigenvalue weighted by atomic mass is 10.2. The summed E-state index contributed by atoms with van der Waals surface area (Å²) in [6, 6.07) is 15.0. The van der Waals surface area contributed by atoms with E-state index in [1.54, 1.807) is 12.1 Å². The van der Waals surface area contributed by atoms with Gasteiger partial charge in [0, 0.05) is 38.4 Å². The fourth-order valence-electron chi connectivity index (χ4n) is 2.74. The van der Waals surface area contributed by atoms with Gasteiger partial charge in [-0.15, -0.1) is 0 Å². The Morgan fingerprint density at radius 3 is 2.35 bits per heavy atom. The molecule has 3 rings (SSSR count). The van der Waals surface area contributed by atoms with E-state index in [1.165, 1.54) is 0 Å². The molecule has 1 aliphatic heterocycles. The molecule has 2 aromatic rings. The molecular weight excluding hydrogens is 312 g/mol. The van der Waals surface area contributed by atoms with E-state index in [0.717, 1.165) is 44.2 Å². The number of halogens is 1. The van der Waals surface area contributed by atoms with Gasteiger partial charge in [0.15, 0.2) is 0 Å². The normalized spacial score (nSPS) is 15.6. The van der Waals surface area contributed by atoms with E-state index in [2.05, 4.69) is 9.80 Å². The number of phenolic OH excluding ortho intramolecular Hbond substituents is 1. The number of benzene rings is 2. The molecule has 0 spiro atoms. The van der Waals surface area contributed by atoms with Crippen LogP contribution < -0.4 is 9.64 Å². The summed E-state index contributed by atoms with van der Waals surface area (Å²) in [6.07, 6.45) is 0. The minimum atomic E-state index is 0.309. The van der Waals surface area contributed by atoms with Gasteiger partial charge in [0.1, 0.15) is 18.1 Å².